The Balaban J connectivity index is 1.53. The molecule has 3 rings (SSSR count). The fraction of sp³-hybridized carbons (Fsp3) is 0.235. The molecule has 0 aliphatic rings. The van der Waals surface area contributed by atoms with Crippen molar-refractivity contribution in [1.82, 2.24) is 15.0 Å². The molecule has 3 aromatic rings. The summed E-state index contributed by atoms with van der Waals surface area (Å²) in [6.45, 7) is 0.330. The van der Waals surface area contributed by atoms with Gasteiger partial charge in [-0.25, -0.2) is 13.1 Å². The van der Waals surface area contributed by atoms with Crippen molar-refractivity contribution < 1.29 is 13.2 Å². The molecule has 0 saturated heterocycles. The molecule has 1 amide bonds. The van der Waals surface area contributed by atoms with Gasteiger partial charge in [0.1, 0.15) is 4.21 Å². The van der Waals surface area contributed by atoms with E-state index in [4.69, 9.17) is 0 Å². The Hall–Kier alpha value is -2.16. The highest BCUT2D eigenvalue weighted by molar-refractivity contribution is 7.91. The highest BCUT2D eigenvalue weighted by Crippen LogP contribution is 2.21. The van der Waals surface area contributed by atoms with E-state index in [0.717, 1.165) is 32.7 Å². The molecule has 0 radical (unpaired) electrons. The van der Waals surface area contributed by atoms with Crippen molar-refractivity contribution in [3.05, 3.63) is 53.0 Å². The number of thiophene rings is 1. The molecular weight excluding hydrogens is 358 g/mol. The average molecular weight is 377 g/mol. The van der Waals surface area contributed by atoms with Crippen LogP contribution in [0.3, 0.4) is 0 Å². The lowest BCUT2D eigenvalue weighted by Gasteiger charge is -2.03. The van der Waals surface area contributed by atoms with E-state index in [-0.39, 0.29) is 10.1 Å². The minimum absolute atomic E-state index is 0.0586. The number of sulfonamides is 1. The molecule has 0 aliphatic carbocycles. The number of nitrogens with one attached hydrogen (secondary N) is 3. The van der Waals surface area contributed by atoms with Gasteiger partial charge >= 0.3 is 0 Å². The third-order valence-corrected chi connectivity index (χ3v) is 6.92. The maximum absolute atomic E-state index is 12.1. The summed E-state index contributed by atoms with van der Waals surface area (Å²) in [7, 11) is -2.05. The first-order chi connectivity index (χ1) is 12.0. The Morgan fingerprint density at radius 2 is 2.00 bits per heavy atom. The third-order valence-electron chi connectivity index (χ3n) is 3.93. The van der Waals surface area contributed by atoms with Crippen LogP contribution in [0.25, 0.3) is 10.9 Å². The number of carbonyl (C=O) groups is 1. The number of carbonyl (C=O) groups excluding carboxylic acids is 1. The van der Waals surface area contributed by atoms with Gasteiger partial charge in [0, 0.05) is 28.4 Å². The van der Waals surface area contributed by atoms with Crippen molar-refractivity contribution in [2.45, 2.75) is 23.6 Å². The number of rotatable bonds is 7. The molecule has 0 spiro atoms. The van der Waals surface area contributed by atoms with Crippen LogP contribution < -0.4 is 10.0 Å². The number of hydrogen-bond acceptors (Lipinski definition) is 4. The average Bonchev–Trinajstić information content (AvgIpc) is 3.25. The van der Waals surface area contributed by atoms with Crippen molar-refractivity contribution in [2.24, 2.45) is 0 Å². The summed E-state index contributed by atoms with van der Waals surface area (Å²) in [5, 5.41) is 3.97. The lowest BCUT2D eigenvalue weighted by atomic mass is 10.1. The molecular formula is C17H19N3O3S2. The number of aryl methyl sites for hydroxylation is 1. The predicted molar refractivity (Wildman–Crippen MR) is 99.0 cm³/mol. The van der Waals surface area contributed by atoms with Gasteiger partial charge in [-0.2, -0.15) is 0 Å². The topological polar surface area (TPSA) is 91.1 Å². The molecule has 1 aromatic carbocycles. The van der Waals surface area contributed by atoms with Crippen molar-refractivity contribution in [3.63, 3.8) is 0 Å². The van der Waals surface area contributed by atoms with Gasteiger partial charge in [-0.1, -0.05) is 18.2 Å². The Morgan fingerprint density at radius 3 is 2.80 bits per heavy atom. The smallest absolute Gasteiger partial charge is 0.249 e. The van der Waals surface area contributed by atoms with E-state index in [0.29, 0.717) is 19.4 Å². The summed E-state index contributed by atoms with van der Waals surface area (Å²) in [5.41, 5.74) is 2.18. The van der Waals surface area contributed by atoms with Crippen LogP contribution in [0.4, 0.5) is 0 Å². The standard InChI is InChI=1S/C17H19N3O3S2/c1-18-25(22,23)17-9-7-13(24-17)11-20-16(21)8-6-12-10-19-15-5-3-2-4-14(12)15/h2-5,7,9-10,18-19H,6,8,11H2,1H3,(H,20,21). The van der Waals surface area contributed by atoms with Crippen molar-refractivity contribution in [2.75, 3.05) is 7.05 Å². The number of hydrogen-bond donors (Lipinski definition) is 3. The maximum Gasteiger partial charge on any atom is 0.249 e. The van der Waals surface area contributed by atoms with Gasteiger partial charge < -0.3 is 10.3 Å². The first-order valence-electron chi connectivity index (χ1n) is 7.83. The van der Waals surface area contributed by atoms with Crippen LogP contribution in [-0.4, -0.2) is 26.4 Å². The van der Waals surface area contributed by atoms with Crippen molar-refractivity contribution >= 4 is 38.2 Å². The van der Waals surface area contributed by atoms with Gasteiger partial charge in [-0.3, -0.25) is 4.79 Å². The highest BCUT2D eigenvalue weighted by Gasteiger charge is 2.14. The fourth-order valence-electron chi connectivity index (χ4n) is 2.56. The van der Waals surface area contributed by atoms with E-state index in [1.54, 1.807) is 12.1 Å². The fourth-order valence-corrected chi connectivity index (χ4v) is 4.69. The molecule has 6 nitrogen and oxygen atoms in total. The second-order valence-electron chi connectivity index (χ2n) is 5.56. The largest absolute Gasteiger partial charge is 0.361 e. The molecule has 0 fully saturated rings. The lowest BCUT2D eigenvalue weighted by Crippen LogP contribution is -2.22. The second-order valence-corrected chi connectivity index (χ2v) is 8.85. The van der Waals surface area contributed by atoms with Gasteiger partial charge in [0.25, 0.3) is 0 Å². The Kier molecular flexibility index (Phi) is 5.22. The van der Waals surface area contributed by atoms with Crippen LogP contribution in [0.15, 0.2) is 46.8 Å². The Bertz CT molecular complexity index is 989. The van der Waals surface area contributed by atoms with Crippen LogP contribution in [0.1, 0.15) is 16.9 Å². The van der Waals surface area contributed by atoms with Crippen LogP contribution in [0.5, 0.6) is 0 Å². The van der Waals surface area contributed by atoms with Crippen molar-refractivity contribution in [1.29, 1.82) is 0 Å². The van der Waals surface area contributed by atoms with Crippen LogP contribution in [-0.2, 0) is 27.8 Å². The van der Waals surface area contributed by atoms with E-state index < -0.39 is 10.0 Å². The Morgan fingerprint density at radius 1 is 1.20 bits per heavy atom. The number of para-hydroxylation sites is 1. The van der Waals surface area contributed by atoms with Crippen LogP contribution in [0, 0.1) is 0 Å². The molecule has 2 aromatic heterocycles. The summed E-state index contributed by atoms with van der Waals surface area (Å²) in [6.07, 6.45) is 2.97. The summed E-state index contributed by atoms with van der Waals surface area (Å²) >= 11 is 1.15. The van der Waals surface area contributed by atoms with Gasteiger partial charge in [0.2, 0.25) is 15.9 Å². The van der Waals surface area contributed by atoms with Gasteiger partial charge in [0.15, 0.2) is 0 Å². The second kappa shape index (κ2) is 7.38. The van der Waals surface area contributed by atoms with Crippen molar-refractivity contribution in [3.8, 4) is 0 Å². The molecule has 3 N–H and O–H groups in total. The first kappa shape index (κ1) is 17.7. The van der Waals surface area contributed by atoms with Gasteiger partial charge in [-0.05, 0) is 37.2 Å². The zero-order valence-electron chi connectivity index (χ0n) is 13.7. The molecule has 0 aliphatic heterocycles. The van der Waals surface area contributed by atoms with Gasteiger partial charge in [0.05, 0.1) is 6.54 Å². The molecule has 8 heteroatoms. The normalized spacial score (nSPS) is 11.7. The molecule has 0 atom stereocenters. The highest BCUT2D eigenvalue weighted by atomic mass is 32.2. The van der Waals surface area contributed by atoms with E-state index in [2.05, 4.69) is 15.0 Å². The Labute approximate surface area is 150 Å². The maximum atomic E-state index is 12.1. The monoisotopic (exact) mass is 377 g/mol. The SMILES string of the molecule is CNS(=O)(=O)c1ccc(CNC(=O)CCc2c[nH]c3ccccc23)s1. The number of amides is 1. The van der Waals surface area contributed by atoms with E-state index in [9.17, 15) is 13.2 Å². The third kappa shape index (κ3) is 4.09. The van der Waals surface area contributed by atoms with E-state index in [1.165, 1.54) is 7.05 Å². The summed E-state index contributed by atoms with van der Waals surface area (Å²) in [6, 6.07) is 11.3. The molecule has 0 unspecified atom stereocenters. The minimum Gasteiger partial charge on any atom is -0.361 e. The number of aromatic amines is 1. The number of aromatic nitrogens is 1. The van der Waals surface area contributed by atoms with E-state index >= 15 is 0 Å². The quantitative estimate of drug-likeness (QED) is 0.590. The molecule has 2 heterocycles. The minimum atomic E-state index is -3.42. The van der Waals surface area contributed by atoms with E-state index in [1.807, 2.05) is 30.5 Å². The summed E-state index contributed by atoms with van der Waals surface area (Å²) in [4.78, 5) is 16.1. The van der Waals surface area contributed by atoms with Crippen LogP contribution >= 0.6 is 11.3 Å². The molecule has 0 saturated carbocycles. The molecule has 25 heavy (non-hydrogen) atoms. The zero-order chi connectivity index (χ0) is 17.9. The summed E-state index contributed by atoms with van der Waals surface area (Å²) in [5.74, 6) is -0.0586. The molecule has 132 valence electrons. The number of H-pyrrole nitrogens is 1. The lowest BCUT2D eigenvalue weighted by molar-refractivity contribution is -0.121. The number of benzene rings is 1. The number of fused-ring (bicyclic) bond motifs is 1. The zero-order valence-corrected chi connectivity index (χ0v) is 15.3. The van der Waals surface area contributed by atoms with Crippen LogP contribution in [0.2, 0.25) is 0 Å². The molecule has 0 bridgehead atoms. The predicted octanol–water partition coefficient (Wildman–Crippen LogP) is 2.39. The van der Waals surface area contributed by atoms with Gasteiger partial charge in [-0.15, -0.1) is 11.3 Å². The summed E-state index contributed by atoms with van der Waals surface area (Å²) < 4.78 is 25.9. The first-order valence-corrected chi connectivity index (χ1v) is 10.1.